The van der Waals surface area contributed by atoms with Crippen molar-refractivity contribution in [2.24, 2.45) is 5.92 Å². The molecule has 114 valence electrons. The number of amides is 2. The second-order valence-corrected chi connectivity index (χ2v) is 5.18. The molecular weight excluding hydrogens is 272 g/mol. The van der Waals surface area contributed by atoms with Crippen molar-refractivity contribution in [3.8, 4) is 0 Å². The first kappa shape index (κ1) is 16.7. The second kappa shape index (κ2) is 7.42. The first-order valence-corrected chi connectivity index (χ1v) is 6.70. The van der Waals surface area contributed by atoms with Crippen LogP contribution >= 0.6 is 0 Å². The van der Waals surface area contributed by atoms with Crippen LogP contribution in [0.5, 0.6) is 0 Å². The van der Waals surface area contributed by atoms with Gasteiger partial charge in [0.1, 0.15) is 0 Å². The normalized spacial score (nSPS) is 11.8. The van der Waals surface area contributed by atoms with E-state index in [1.54, 1.807) is 24.3 Å². The van der Waals surface area contributed by atoms with Crippen LogP contribution < -0.4 is 10.6 Å². The number of carboxylic acid groups (broad SMARTS) is 1. The van der Waals surface area contributed by atoms with Gasteiger partial charge in [-0.2, -0.15) is 0 Å². The highest BCUT2D eigenvalue weighted by Crippen LogP contribution is 2.12. The Labute approximate surface area is 123 Å². The minimum Gasteiger partial charge on any atom is -0.481 e. The van der Waals surface area contributed by atoms with Crippen LogP contribution in [0.4, 0.5) is 5.69 Å². The fraction of sp³-hybridized carbons (Fsp3) is 0.400. The number of benzene rings is 1. The molecule has 3 N–H and O–H groups in total. The SMILES string of the molecule is CC(=O)Nc1cccc(C(=O)NC(CC(=O)O)C(C)C)c1. The molecule has 6 nitrogen and oxygen atoms in total. The van der Waals surface area contributed by atoms with Crippen LogP contribution in [0, 0.1) is 5.92 Å². The molecule has 1 aromatic rings. The van der Waals surface area contributed by atoms with Gasteiger partial charge in [-0.05, 0) is 24.1 Å². The van der Waals surface area contributed by atoms with Crippen molar-refractivity contribution in [3.05, 3.63) is 29.8 Å². The van der Waals surface area contributed by atoms with E-state index >= 15 is 0 Å². The zero-order valence-electron chi connectivity index (χ0n) is 12.3. The third-order valence-corrected chi connectivity index (χ3v) is 2.96. The van der Waals surface area contributed by atoms with Crippen molar-refractivity contribution in [2.45, 2.75) is 33.2 Å². The quantitative estimate of drug-likeness (QED) is 0.746. The summed E-state index contributed by atoms with van der Waals surface area (Å²) in [7, 11) is 0. The number of hydrogen-bond donors (Lipinski definition) is 3. The van der Waals surface area contributed by atoms with Gasteiger partial charge >= 0.3 is 5.97 Å². The molecule has 1 rings (SSSR count). The molecule has 0 heterocycles. The number of nitrogens with one attached hydrogen (secondary N) is 2. The molecule has 21 heavy (non-hydrogen) atoms. The number of hydrogen-bond acceptors (Lipinski definition) is 3. The molecule has 2 amide bonds. The Bertz CT molecular complexity index is 540. The monoisotopic (exact) mass is 292 g/mol. The maximum Gasteiger partial charge on any atom is 0.305 e. The minimum absolute atomic E-state index is 0.00331. The molecule has 0 saturated carbocycles. The third kappa shape index (κ3) is 5.64. The molecule has 0 bridgehead atoms. The summed E-state index contributed by atoms with van der Waals surface area (Å²) in [6, 6.07) is 6.05. The molecule has 1 unspecified atom stereocenters. The number of carbonyl (C=O) groups is 3. The topological polar surface area (TPSA) is 95.5 Å². The lowest BCUT2D eigenvalue weighted by Gasteiger charge is -2.20. The van der Waals surface area contributed by atoms with Crippen molar-refractivity contribution in [1.82, 2.24) is 5.32 Å². The van der Waals surface area contributed by atoms with Crippen molar-refractivity contribution < 1.29 is 19.5 Å². The average Bonchev–Trinajstić information content (AvgIpc) is 2.36. The molecular formula is C15H20N2O4. The molecule has 0 aliphatic carbocycles. The molecule has 6 heteroatoms. The molecule has 1 aromatic carbocycles. The fourth-order valence-electron chi connectivity index (χ4n) is 1.83. The Morgan fingerprint density at radius 2 is 1.90 bits per heavy atom. The molecule has 0 aliphatic rings. The summed E-state index contributed by atoms with van der Waals surface area (Å²) in [5, 5.41) is 14.2. The van der Waals surface area contributed by atoms with E-state index in [0.717, 1.165) is 0 Å². The van der Waals surface area contributed by atoms with Gasteiger partial charge in [0.15, 0.2) is 0 Å². The maximum absolute atomic E-state index is 12.2. The molecule has 0 aromatic heterocycles. The van der Waals surface area contributed by atoms with Gasteiger partial charge in [0.05, 0.1) is 6.42 Å². The van der Waals surface area contributed by atoms with Crippen LogP contribution in [0.1, 0.15) is 37.6 Å². The summed E-state index contributed by atoms with van der Waals surface area (Å²) in [5.74, 6) is -1.54. The van der Waals surface area contributed by atoms with E-state index in [9.17, 15) is 14.4 Å². The lowest BCUT2D eigenvalue weighted by Crippen LogP contribution is -2.40. The molecule has 0 aliphatic heterocycles. The standard InChI is InChI=1S/C15H20N2O4/c1-9(2)13(8-14(19)20)17-15(21)11-5-4-6-12(7-11)16-10(3)18/h4-7,9,13H,8H2,1-3H3,(H,16,18)(H,17,21)(H,19,20). The molecule has 0 fully saturated rings. The minimum atomic E-state index is -0.957. The predicted molar refractivity (Wildman–Crippen MR) is 79.1 cm³/mol. The van der Waals surface area contributed by atoms with E-state index in [1.165, 1.54) is 6.92 Å². The van der Waals surface area contributed by atoms with Crippen molar-refractivity contribution in [1.29, 1.82) is 0 Å². The number of aliphatic carboxylic acids is 1. The number of carbonyl (C=O) groups excluding carboxylic acids is 2. The van der Waals surface area contributed by atoms with E-state index in [2.05, 4.69) is 10.6 Å². The number of rotatable bonds is 6. The Morgan fingerprint density at radius 3 is 2.43 bits per heavy atom. The van der Waals surface area contributed by atoms with Gasteiger partial charge in [-0.15, -0.1) is 0 Å². The third-order valence-electron chi connectivity index (χ3n) is 2.96. The van der Waals surface area contributed by atoms with E-state index in [-0.39, 0.29) is 24.2 Å². The number of carboxylic acids is 1. The average molecular weight is 292 g/mol. The van der Waals surface area contributed by atoms with Gasteiger partial charge in [0.25, 0.3) is 5.91 Å². The molecule has 1 atom stereocenters. The summed E-state index contributed by atoms with van der Waals surface area (Å²) in [6.45, 7) is 5.08. The lowest BCUT2D eigenvalue weighted by molar-refractivity contribution is -0.137. The van der Waals surface area contributed by atoms with Gasteiger partial charge < -0.3 is 15.7 Å². The highest BCUT2D eigenvalue weighted by Gasteiger charge is 2.20. The molecule has 0 radical (unpaired) electrons. The van der Waals surface area contributed by atoms with Gasteiger partial charge in [-0.1, -0.05) is 19.9 Å². The van der Waals surface area contributed by atoms with Crippen LogP contribution in [-0.2, 0) is 9.59 Å². The van der Waals surface area contributed by atoms with Gasteiger partial charge in [0.2, 0.25) is 5.91 Å². The van der Waals surface area contributed by atoms with Crippen LogP contribution in [0.2, 0.25) is 0 Å². The highest BCUT2D eigenvalue weighted by atomic mass is 16.4. The van der Waals surface area contributed by atoms with E-state index < -0.39 is 12.0 Å². The Balaban J connectivity index is 2.82. The van der Waals surface area contributed by atoms with Crippen LogP contribution in [0.25, 0.3) is 0 Å². The van der Waals surface area contributed by atoms with Gasteiger partial charge in [-0.25, -0.2) is 0 Å². The Hall–Kier alpha value is -2.37. The van der Waals surface area contributed by atoms with Crippen LogP contribution in [0.15, 0.2) is 24.3 Å². The fourth-order valence-corrected chi connectivity index (χ4v) is 1.83. The molecule has 0 saturated heterocycles. The van der Waals surface area contributed by atoms with Crippen molar-refractivity contribution >= 4 is 23.5 Å². The summed E-state index contributed by atoms with van der Waals surface area (Å²) in [5.41, 5.74) is 0.895. The highest BCUT2D eigenvalue weighted by molar-refractivity contribution is 5.97. The maximum atomic E-state index is 12.2. The van der Waals surface area contributed by atoms with Crippen LogP contribution in [0.3, 0.4) is 0 Å². The Morgan fingerprint density at radius 1 is 1.24 bits per heavy atom. The zero-order valence-corrected chi connectivity index (χ0v) is 12.3. The molecule has 0 spiro atoms. The first-order chi connectivity index (χ1) is 9.79. The Kier molecular flexibility index (Phi) is 5.90. The summed E-state index contributed by atoms with van der Waals surface area (Å²) >= 11 is 0. The van der Waals surface area contributed by atoms with E-state index in [0.29, 0.717) is 11.3 Å². The summed E-state index contributed by atoms with van der Waals surface area (Å²) < 4.78 is 0. The predicted octanol–water partition coefficient (Wildman–Crippen LogP) is 1.87. The van der Waals surface area contributed by atoms with Crippen molar-refractivity contribution in [2.75, 3.05) is 5.32 Å². The first-order valence-electron chi connectivity index (χ1n) is 6.70. The lowest BCUT2D eigenvalue weighted by atomic mass is 10.0. The van der Waals surface area contributed by atoms with E-state index in [1.807, 2.05) is 13.8 Å². The summed E-state index contributed by atoms with van der Waals surface area (Å²) in [6.07, 6.45) is -0.130. The largest absolute Gasteiger partial charge is 0.481 e. The van der Waals surface area contributed by atoms with Gasteiger partial charge in [0, 0.05) is 24.2 Å². The zero-order chi connectivity index (χ0) is 16.0. The van der Waals surface area contributed by atoms with Crippen molar-refractivity contribution in [3.63, 3.8) is 0 Å². The second-order valence-electron chi connectivity index (χ2n) is 5.18. The van der Waals surface area contributed by atoms with Gasteiger partial charge in [-0.3, -0.25) is 14.4 Å². The smallest absolute Gasteiger partial charge is 0.305 e. The number of anilines is 1. The van der Waals surface area contributed by atoms with Crippen LogP contribution in [-0.4, -0.2) is 28.9 Å². The summed E-state index contributed by atoms with van der Waals surface area (Å²) in [4.78, 5) is 34.0. The van der Waals surface area contributed by atoms with E-state index in [4.69, 9.17) is 5.11 Å².